The Balaban J connectivity index is 1.45. The number of pyridine rings is 1. The molecule has 2 heterocycles. The van der Waals surface area contributed by atoms with Crippen molar-refractivity contribution >= 4 is 34.1 Å². The minimum Gasteiger partial charge on any atom is -0.370 e. The van der Waals surface area contributed by atoms with Gasteiger partial charge in [-0.05, 0) is 49.6 Å². The Kier molecular flexibility index (Phi) is 5.87. The Labute approximate surface area is 181 Å². The van der Waals surface area contributed by atoms with Gasteiger partial charge in [0.15, 0.2) is 0 Å². The van der Waals surface area contributed by atoms with Crippen molar-refractivity contribution in [2.45, 2.75) is 26.3 Å². The van der Waals surface area contributed by atoms with E-state index in [1.54, 1.807) is 6.20 Å². The molecule has 6 heteroatoms. The van der Waals surface area contributed by atoms with Gasteiger partial charge < -0.3 is 10.2 Å². The zero-order chi connectivity index (χ0) is 21.1. The smallest absolute Gasteiger partial charge is 0.223 e. The number of hydrogen-bond acceptors (Lipinski definition) is 4. The number of hydrogen-bond donors (Lipinski definition) is 1. The molecular weight excluding hydrogens is 396 g/mol. The summed E-state index contributed by atoms with van der Waals surface area (Å²) in [5.74, 6) is 0.0476. The maximum absolute atomic E-state index is 12.7. The van der Waals surface area contributed by atoms with Crippen LogP contribution in [0.1, 0.15) is 29.5 Å². The molecule has 0 atom stereocenters. The highest BCUT2D eigenvalue weighted by Crippen LogP contribution is 2.33. The molecule has 2 aromatic carbocycles. The van der Waals surface area contributed by atoms with Crippen molar-refractivity contribution in [1.29, 1.82) is 5.26 Å². The second kappa shape index (κ2) is 8.73. The first-order chi connectivity index (χ1) is 14.5. The molecule has 1 N–H and O–H groups in total. The molecule has 0 unspecified atom stereocenters. The van der Waals surface area contributed by atoms with E-state index < -0.39 is 0 Å². The fraction of sp³-hybridized carbons (Fsp3) is 0.292. The molecule has 1 aliphatic heterocycles. The third-order valence-electron chi connectivity index (χ3n) is 5.65. The molecule has 4 rings (SSSR count). The number of halogens is 1. The summed E-state index contributed by atoms with van der Waals surface area (Å²) in [6, 6.07) is 15.9. The monoisotopic (exact) mass is 418 g/mol. The number of carbonyl (C=O) groups is 1. The van der Waals surface area contributed by atoms with Crippen LogP contribution in [0.5, 0.6) is 0 Å². The lowest BCUT2D eigenvalue weighted by atomic mass is 9.94. The van der Waals surface area contributed by atoms with Gasteiger partial charge in [-0.15, -0.1) is 0 Å². The summed E-state index contributed by atoms with van der Waals surface area (Å²) in [4.78, 5) is 19.3. The van der Waals surface area contributed by atoms with Gasteiger partial charge in [-0.2, -0.15) is 5.26 Å². The number of anilines is 1. The van der Waals surface area contributed by atoms with Crippen LogP contribution in [-0.2, 0) is 11.3 Å². The second-order valence-electron chi connectivity index (χ2n) is 7.76. The highest BCUT2D eigenvalue weighted by molar-refractivity contribution is 6.30. The van der Waals surface area contributed by atoms with Gasteiger partial charge in [0.1, 0.15) is 6.07 Å². The van der Waals surface area contributed by atoms with Gasteiger partial charge in [0.25, 0.3) is 0 Å². The highest BCUT2D eigenvalue weighted by Gasteiger charge is 2.27. The molecule has 1 saturated heterocycles. The first-order valence-corrected chi connectivity index (χ1v) is 10.5. The highest BCUT2D eigenvalue weighted by atomic mass is 35.5. The summed E-state index contributed by atoms with van der Waals surface area (Å²) in [5, 5.41) is 14.3. The number of nitriles is 1. The molecule has 152 valence electrons. The van der Waals surface area contributed by atoms with Crippen LogP contribution in [0, 0.1) is 24.2 Å². The average Bonchev–Trinajstić information content (AvgIpc) is 2.76. The van der Waals surface area contributed by atoms with E-state index in [2.05, 4.69) is 27.3 Å². The standard InChI is InChI=1S/C24H23ClN4O/c1-16-5-6-22-21(11-16)23(19(13-26)15-27-22)29-9-7-18(8-10-29)24(30)28-14-17-3-2-4-20(25)12-17/h2-6,11-12,15,18H,7-10,14H2,1H3,(H,28,30). The SMILES string of the molecule is Cc1ccc2ncc(C#N)c(N3CCC(C(=O)NCc4cccc(Cl)c4)CC3)c2c1. The molecule has 30 heavy (non-hydrogen) atoms. The van der Waals surface area contributed by atoms with Crippen LogP contribution in [0.2, 0.25) is 5.02 Å². The van der Waals surface area contributed by atoms with E-state index in [9.17, 15) is 10.1 Å². The third-order valence-corrected chi connectivity index (χ3v) is 5.89. The van der Waals surface area contributed by atoms with Crippen molar-refractivity contribution < 1.29 is 4.79 Å². The minimum absolute atomic E-state index is 0.0270. The molecule has 1 fully saturated rings. The van der Waals surface area contributed by atoms with E-state index in [1.165, 1.54) is 0 Å². The fourth-order valence-electron chi connectivity index (χ4n) is 4.06. The van der Waals surface area contributed by atoms with E-state index in [1.807, 2.05) is 43.3 Å². The average molecular weight is 419 g/mol. The van der Waals surface area contributed by atoms with E-state index in [-0.39, 0.29) is 11.8 Å². The van der Waals surface area contributed by atoms with Gasteiger partial charge in [0, 0.05) is 42.2 Å². The number of benzene rings is 2. The predicted octanol–water partition coefficient (Wildman–Crippen LogP) is 4.60. The summed E-state index contributed by atoms with van der Waals surface area (Å²) in [5.41, 5.74) is 4.53. The second-order valence-corrected chi connectivity index (χ2v) is 8.20. The lowest BCUT2D eigenvalue weighted by molar-refractivity contribution is -0.125. The maximum atomic E-state index is 12.7. The largest absolute Gasteiger partial charge is 0.370 e. The third kappa shape index (κ3) is 4.24. The van der Waals surface area contributed by atoms with Crippen molar-refractivity contribution in [1.82, 2.24) is 10.3 Å². The molecule has 0 radical (unpaired) electrons. The first kappa shape index (κ1) is 20.2. The van der Waals surface area contributed by atoms with Gasteiger partial charge >= 0.3 is 0 Å². The molecule has 5 nitrogen and oxygen atoms in total. The zero-order valence-corrected chi connectivity index (χ0v) is 17.6. The first-order valence-electron chi connectivity index (χ1n) is 10.1. The molecule has 0 saturated carbocycles. The summed E-state index contributed by atoms with van der Waals surface area (Å²) in [6.07, 6.45) is 3.15. The molecule has 0 aliphatic carbocycles. The van der Waals surface area contributed by atoms with Crippen LogP contribution >= 0.6 is 11.6 Å². The van der Waals surface area contributed by atoms with E-state index >= 15 is 0 Å². The van der Waals surface area contributed by atoms with Gasteiger partial charge in [0.05, 0.1) is 16.8 Å². The van der Waals surface area contributed by atoms with E-state index in [0.717, 1.165) is 53.6 Å². The number of fused-ring (bicyclic) bond motifs is 1. The van der Waals surface area contributed by atoms with Crippen molar-refractivity contribution in [3.05, 3.63) is 70.4 Å². The van der Waals surface area contributed by atoms with Crippen molar-refractivity contribution in [2.75, 3.05) is 18.0 Å². The van der Waals surface area contributed by atoms with Gasteiger partial charge in [-0.25, -0.2) is 0 Å². The quantitative estimate of drug-likeness (QED) is 0.672. The van der Waals surface area contributed by atoms with Gasteiger partial charge in [-0.3, -0.25) is 9.78 Å². The number of carbonyl (C=O) groups excluding carboxylic acids is 1. The fourth-order valence-corrected chi connectivity index (χ4v) is 4.27. The Bertz CT molecular complexity index is 1130. The summed E-state index contributed by atoms with van der Waals surface area (Å²) >= 11 is 6.01. The molecule has 1 amide bonds. The number of nitrogens with one attached hydrogen (secondary N) is 1. The molecule has 1 aromatic heterocycles. The van der Waals surface area contributed by atoms with Crippen molar-refractivity contribution in [3.63, 3.8) is 0 Å². The van der Waals surface area contributed by atoms with Gasteiger partial charge in [0.2, 0.25) is 5.91 Å². The number of aromatic nitrogens is 1. The number of nitrogens with zero attached hydrogens (tertiary/aromatic N) is 3. The molecule has 0 bridgehead atoms. The number of rotatable bonds is 4. The number of piperidine rings is 1. The van der Waals surface area contributed by atoms with Crippen molar-refractivity contribution in [2.24, 2.45) is 5.92 Å². The van der Waals surface area contributed by atoms with Crippen LogP contribution in [0.3, 0.4) is 0 Å². The van der Waals surface area contributed by atoms with Crippen molar-refractivity contribution in [3.8, 4) is 6.07 Å². The Morgan fingerprint density at radius 2 is 2.07 bits per heavy atom. The minimum atomic E-state index is -0.0270. The van der Waals surface area contributed by atoms with Crippen LogP contribution in [0.15, 0.2) is 48.7 Å². The Morgan fingerprint density at radius 1 is 1.27 bits per heavy atom. The zero-order valence-electron chi connectivity index (χ0n) is 16.9. The summed E-state index contributed by atoms with van der Waals surface area (Å²) < 4.78 is 0. The molecular formula is C24H23ClN4O. The number of aryl methyl sites for hydroxylation is 1. The Hall–Kier alpha value is -3.10. The molecule has 0 spiro atoms. The van der Waals surface area contributed by atoms with Crippen LogP contribution in [0.25, 0.3) is 10.9 Å². The number of amides is 1. The summed E-state index contributed by atoms with van der Waals surface area (Å²) in [6.45, 7) is 3.99. The van der Waals surface area contributed by atoms with Crippen LogP contribution in [0.4, 0.5) is 5.69 Å². The lowest BCUT2D eigenvalue weighted by Gasteiger charge is -2.34. The normalized spacial score (nSPS) is 14.5. The Morgan fingerprint density at radius 3 is 2.80 bits per heavy atom. The topological polar surface area (TPSA) is 69.0 Å². The maximum Gasteiger partial charge on any atom is 0.223 e. The van der Waals surface area contributed by atoms with Crippen LogP contribution < -0.4 is 10.2 Å². The van der Waals surface area contributed by atoms with Gasteiger partial charge in [-0.1, -0.05) is 35.4 Å². The molecule has 3 aromatic rings. The summed E-state index contributed by atoms with van der Waals surface area (Å²) in [7, 11) is 0. The van der Waals surface area contributed by atoms with E-state index in [0.29, 0.717) is 17.1 Å². The van der Waals surface area contributed by atoms with Crippen LogP contribution in [-0.4, -0.2) is 24.0 Å². The predicted molar refractivity (Wildman–Crippen MR) is 119 cm³/mol. The lowest BCUT2D eigenvalue weighted by Crippen LogP contribution is -2.40. The van der Waals surface area contributed by atoms with E-state index in [4.69, 9.17) is 11.6 Å². The molecule has 1 aliphatic rings.